The number of rotatable bonds is 3. The van der Waals surface area contributed by atoms with Crippen LogP contribution in [0, 0.1) is 0 Å². The number of imide groups is 1. The molecule has 0 spiro atoms. The first-order valence-electron chi connectivity index (χ1n) is 5.38. The van der Waals surface area contributed by atoms with Crippen LogP contribution in [0.25, 0.3) is 0 Å². The average molecular weight is 302 g/mol. The van der Waals surface area contributed by atoms with Gasteiger partial charge in [0.25, 0.3) is 5.91 Å². The molecular formula is C12H9F3N2O4. The van der Waals surface area contributed by atoms with E-state index in [1.165, 1.54) is 6.07 Å². The molecule has 112 valence electrons. The van der Waals surface area contributed by atoms with Crippen molar-refractivity contribution in [1.29, 1.82) is 0 Å². The Morgan fingerprint density at radius 2 is 1.81 bits per heavy atom. The zero-order valence-corrected chi connectivity index (χ0v) is 10.3. The first kappa shape index (κ1) is 16.2. The molecule has 0 saturated carbocycles. The van der Waals surface area contributed by atoms with Crippen LogP contribution in [0.4, 0.5) is 23.7 Å². The van der Waals surface area contributed by atoms with E-state index in [0.717, 1.165) is 12.1 Å². The molecule has 0 unspecified atom stereocenters. The van der Waals surface area contributed by atoms with E-state index >= 15 is 0 Å². The Bertz CT molecular complexity index is 596. The molecule has 6 nitrogen and oxygen atoms in total. The predicted octanol–water partition coefficient (Wildman–Crippen LogP) is 1.99. The summed E-state index contributed by atoms with van der Waals surface area (Å²) < 4.78 is 37.3. The van der Waals surface area contributed by atoms with E-state index in [1.807, 2.05) is 5.32 Å². The summed E-state index contributed by atoms with van der Waals surface area (Å²) in [4.78, 5) is 32.5. The molecule has 0 fully saturated rings. The largest absolute Gasteiger partial charge is 0.478 e. The number of benzene rings is 1. The number of hydrogen-bond acceptors (Lipinski definition) is 3. The van der Waals surface area contributed by atoms with E-state index in [-0.39, 0.29) is 5.69 Å². The van der Waals surface area contributed by atoms with Gasteiger partial charge in [0.1, 0.15) is 0 Å². The van der Waals surface area contributed by atoms with Gasteiger partial charge in [-0.15, -0.1) is 0 Å². The lowest BCUT2D eigenvalue weighted by atomic mass is 10.2. The van der Waals surface area contributed by atoms with Crippen LogP contribution >= 0.6 is 0 Å². The molecular weight excluding hydrogens is 293 g/mol. The fourth-order valence-electron chi connectivity index (χ4n) is 1.24. The summed E-state index contributed by atoms with van der Waals surface area (Å²) in [6.07, 6.45) is -3.46. The second kappa shape index (κ2) is 6.55. The van der Waals surface area contributed by atoms with Gasteiger partial charge in [-0.05, 0) is 18.2 Å². The Hall–Kier alpha value is -2.84. The van der Waals surface area contributed by atoms with Gasteiger partial charge in [-0.1, -0.05) is 6.07 Å². The summed E-state index contributed by atoms with van der Waals surface area (Å²) in [6, 6.07) is 2.71. The van der Waals surface area contributed by atoms with E-state index in [4.69, 9.17) is 5.11 Å². The van der Waals surface area contributed by atoms with Gasteiger partial charge < -0.3 is 10.4 Å². The van der Waals surface area contributed by atoms with Crippen molar-refractivity contribution in [2.75, 3.05) is 5.32 Å². The van der Waals surface area contributed by atoms with Crippen LogP contribution in [-0.2, 0) is 15.8 Å². The molecule has 0 saturated heterocycles. The number of anilines is 1. The van der Waals surface area contributed by atoms with Crippen LogP contribution in [-0.4, -0.2) is 23.0 Å². The highest BCUT2D eigenvalue weighted by Gasteiger charge is 2.30. The highest BCUT2D eigenvalue weighted by atomic mass is 19.4. The summed E-state index contributed by atoms with van der Waals surface area (Å²) in [6.45, 7) is 0. The molecule has 0 aliphatic heterocycles. The van der Waals surface area contributed by atoms with Crippen LogP contribution in [0.1, 0.15) is 5.56 Å². The maximum atomic E-state index is 12.4. The second-order valence-corrected chi connectivity index (χ2v) is 3.69. The number of carbonyl (C=O) groups excluding carboxylic acids is 2. The standard InChI is InChI=1S/C12H9F3N2O4/c13-12(14,15)7-2-1-3-8(6-7)16-11(21)17-9(18)4-5-10(19)20/h1-6H,(H,19,20)(H2,16,17,18,21)/b5-4+. The molecule has 0 bridgehead atoms. The van der Waals surface area contributed by atoms with Gasteiger partial charge in [-0.2, -0.15) is 13.2 Å². The van der Waals surface area contributed by atoms with E-state index in [2.05, 4.69) is 0 Å². The third kappa shape index (κ3) is 5.76. The normalized spacial score (nSPS) is 11.2. The predicted molar refractivity (Wildman–Crippen MR) is 65.4 cm³/mol. The van der Waals surface area contributed by atoms with Crippen molar-refractivity contribution in [3.05, 3.63) is 42.0 Å². The minimum Gasteiger partial charge on any atom is -0.478 e. The topological polar surface area (TPSA) is 95.5 Å². The van der Waals surface area contributed by atoms with Gasteiger partial charge >= 0.3 is 18.2 Å². The number of aliphatic carboxylic acids is 1. The number of carboxylic acid groups (broad SMARTS) is 1. The minimum absolute atomic E-state index is 0.169. The molecule has 3 amide bonds. The van der Waals surface area contributed by atoms with Crippen LogP contribution in [0.5, 0.6) is 0 Å². The number of hydrogen-bond donors (Lipinski definition) is 3. The molecule has 3 N–H and O–H groups in total. The molecule has 0 radical (unpaired) electrons. The number of urea groups is 1. The van der Waals surface area contributed by atoms with Crippen LogP contribution in [0.3, 0.4) is 0 Å². The molecule has 1 rings (SSSR count). The van der Waals surface area contributed by atoms with Gasteiger partial charge in [0, 0.05) is 17.8 Å². The number of alkyl halides is 3. The van der Waals surface area contributed by atoms with Gasteiger partial charge in [0.2, 0.25) is 0 Å². The summed E-state index contributed by atoms with van der Waals surface area (Å²) in [5.74, 6) is -2.41. The average Bonchev–Trinajstić information content (AvgIpc) is 2.35. The number of amides is 3. The third-order valence-corrected chi connectivity index (χ3v) is 2.06. The summed E-state index contributed by atoms with van der Waals surface area (Å²) in [7, 11) is 0. The molecule has 1 aromatic carbocycles. The summed E-state index contributed by atoms with van der Waals surface area (Å²) >= 11 is 0. The van der Waals surface area contributed by atoms with Crippen molar-refractivity contribution < 1.29 is 32.7 Å². The number of carbonyl (C=O) groups is 3. The van der Waals surface area contributed by atoms with Crippen molar-refractivity contribution in [2.45, 2.75) is 6.18 Å². The van der Waals surface area contributed by atoms with Crippen LogP contribution < -0.4 is 10.6 Å². The van der Waals surface area contributed by atoms with E-state index < -0.39 is 29.6 Å². The maximum Gasteiger partial charge on any atom is 0.416 e. The maximum absolute atomic E-state index is 12.4. The molecule has 9 heteroatoms. The lowest BCUT2D eigenvalue weighted by Gasteiger charge is -2.09. The Labute approximate surface area is 116 Å². The van der Waals surface area contributed by atoms with Crippen molar-refractivity contribution in [3.8, 4) is 0 Å². The van der Waals surface area contributed by atoms with Gasteiger partial charge in [0.05, 0.1) is 5.56 Å². The highest BCUT2D eigenvalue weighted by Crippen LogP contribution is 2.30. The Morgan fingerprint density at radius 1 is 1.14 bits per heavy atom. The third-order valence-electron chi connectivity index (χ3n) is 2.06. The smallest absolute Gasteiger partial charge is 0.416 e. The SMILES string of the molecule is O=C(O)/C=C/C(=O)NC(=O)Nc1cccc(C(F)(F)F)c1. The Morgan fingerprint density at radius 3 is 2.38 bits per heavy atom. The number of nitrogens with one attached hydrogen (secondary N) is 2. The van der Waals surface area contributed by atoms with Crippen molar-refractivity contribution >= 4 is 23.6 Å². The van der Waals surface area contributed by atoms with E-state index in [0.29, 0.717) is 18.2 Å². The number of halogens is 3. The minimum atomic E-state index is -4.56. The van der Waals surface area contributed by atoms with E-state index in [1.54, 1.807) is 5.32 Å². The second-order valence-electron chi connectivity index (χ2n) is 3.69. The molecule has 0 aromatic heterocycles. The van der Waals surface area contributed by atoms with Crippen molar-refractivity contribution in [1.82, 2.24) is 5.32 Å². The van der Waals surface area contributed by atoms with Crippen molar-refractivity contribution in [2.24, 2.45) is 0 Å². The zero-order chi connectivity index (χ0) is 16.0. The van der Waals surface area contributed by atoms with Crippen molar-refractivity contribution in [3.63, 3.8) is 0 Å². The summed E-state index contributed by atoms with van der Waals surface area (Å²) in [5, 5.41) is 12.0. The Kier molecular flexibility index (Phi) is 5.06. The lowest BCUT2D eigenvalue weighted by molar-refractivity contribution is -0.137. The van der Waals surface area contributed by atoms with Crippen LogP contribution in [0.2, 0.25) is 0 Å². The molecule has 0 heterocycles. The molecule has 21 heavy (non-hydrogen) atoms. The molecule has 0 aliphatic carbocycles. The zero-order valence-electron chi connectivity index (χ0n) is 10.3. The molecule has 0 atom stereocenters. The van der Waals surface area contributed by atoms with Gasteiger partial charge in [0.15, 0.2) is 0 Å². The lowest BCUT2D eigenvalue weighted by Crippen LogP contribution is -2.33. The first-order valence-corrected chi connectivity index (χ1v) is 5.38. The quantitative estimate of drug-likeness (QED) is 0.744. The first-order chi connectivity index (χ1) is 9.68. The van der Waals surface area contributed by atoms with Gasteiger partial charge in [-0.25, -0.2) is 9.59 Å². The van der Waals surface area contributed by atoms with Crippen LogP contribution in [0.15, 0.2) is 36.4 Å². The van der Waals surface area contributed by atoms with E-state index in [9.17, 15) is 27.6 Å². The molecule has 1 aromatic rings. The fourth-order valence-corrected chi connectivity index (χ4v) is 1.24. The fraction of sp³-hybridized carbons (Fsp3) is 0.0833. The number of carboxylic acids is 1. The monoisotopic (exact) mass is 302 g/mol. The summed E-state index contributed by atoms with van der Waals surface area (Å²) in [5.41, 5.74) is -1.13. The Balaban J connectivity index is 2.67. The molecule has 0 aliphatic rings. The highest BCUT2D eigenvalue weighted by molar-refractivity contribution is 6.06. The van der Waals surface area contributed by atoms with Gasteiger partial charge in [-0.3, -0.25) is 10.1 Å².